The Morgan fingerprint density at radius 2 is 2.00 bits per heavy atom. The first-order valence-corrected chi connectivity index (χ1v) is 8.19. The summed E-state index contributed by atoms with van der Waals surface area (Å²) in [7, 11) is 1.38. The molecule has 0 aliphatic heterocycles. The molecule has 1 aliphatic carbocycles. The molecule has 0 atom stereocenters. The van der Waals surface area contributed by atoms with Crippen molar-refractivity contribution in [3.05, 3.63) is 59.9 Å². The summed E-state index contributed by atoms with van der Waals surface area (Å²) in [5.74, 6) is -0.595. The van der Waals surface area contributed by atoms with E-state index in [0.717, 1.165) is 12.8 Å². The number of halogens is 1. The summed E-state index contributed by atoms with van der Waals surface area (Å²) in [6.45, 7) is 0. The topological polar surface area (TPSA) is 64.6 Å². The largest absolute Gasteiger partial charge is 0.494 e. The fraction of sp³-hybridized carbons (Fsp3) is 0.200. The molecule has 1 fully saturated rings. The summed E-state index contributed by atoms with van der Waals surface area (Å²) in [6, 6.07) is 11.0. The minimum absolute atomic E-state index is 0.0186. The van der Waals surface area contributed by atoms with Gasteiger partial charge in [0.2, 0.25) is 5.91 Å². The molecule has 6 heteroatoms. The van der Waals surface area contributed by atoms with E-state index in [-0.39, 0.29) is 17.6 Å². The third kappa shape index (κ3) is 4.69. The molecule has 2 aromatic carbocycles. The maximum atomic E-state index is 13.6. The van der Waals surface area contributed by atoms with E-state index in [1.54, 1.807) is 30.3 Å². The van der Waals surface area contributed by atoms with Crippen molar-refractivity contribution in [1.29, 1.82) is 0 Å². The maximum Gasteiger partial charge on any atom is 0.336 e. The van der Waals surface area contributed by atoms with E-state index in [9.17, 15) is 14.0 Å². The highest BCUT2D eigenvalue weighted by Crippen LogP contribution is 2.30. The molecular weight excluding hydrogens is 337 g/mol. The molecule has 0 bridgehead atoms. The molecule has 1 N–H and O–H groups in total. The predicted octanol–water partition coefficient (Wildman–Crippen LogP) is 3.80. The van der Waals surface area contributed by atoms with Gasteiger partial charge in [0.15, 0.2) is 11.6 Å². The van der Waals surface area contributed by atoms with Crippen LogP contribution in [0.1, 0.15) is 18.4 Å². The Balaban J connectivity index is 1.60. The molecule has 0 saturated heterocycles. The van der Waals surface area contributed by atoms with Crippen LogP contribution in [0.15, 0.2) is 48.5 Å². The highest BCUT2D eigenvalue weighted by molar-refractivity contribution is 5.94. The Bertz CT molecular complexity index is 859. The van der Waals surface area contributed by atoms with Crippen molar-refractivity contribution in [2.75, 3.05) is 12.4 Å². The second kappa shape index (κ2) is 7.82. The Morgan fingerprint density at radius 3 is 2.69 bits per heavy atom. The molecule has 0 unspecified atom stereocenters. The summed E-state index contributed by atoms with van der Waals surface area (Å²) < 4.78 is 23.7. The lowest BCUT2D eigenvalue weighted by Gasteiger charge is -2.06. The van der Waals surface area contributed by atoms with Gasteiger partial charge >= 0.3 is 5.97 Å². The van der Waals surface area contributed by atoms with Gasteiger partial charge in [0.05, 0.1) is 7.11 Å². The van der Waals surface area contributed by atoms with Gasteiger partial charge in [-0.1, -0.05) is 12.1 Å². The van der Waals surface area contributed by atoms with Crippen LogP contribution in [0.4, 0.5) is 10.1 Å². The average Bonchev–Trinajstić information content (AvgIpc) is 3.45. The van der Waals surface area contributed by atoms with Crippen molar-refractivity contribution in [3.63, 3.8) is 0 Å². The summed E-state index contributed by atoms with van der Waals surface area (Å²) in [6.07, 6.45) is 4.48. The van der Waals surface area contributed by atoms with Crippen LogP contribution in [0.3, 0.4) is 0 Å². The van der Waals surface area contributed by atoms with E-state index < -0.39 is 11.8 Å². The lowest BCUT2D eigenvalue weighted by atomic mass is 10.2. The summed E-state index contributed by atoms with van der Waals surface area (Å²) in [5, 5.41) is 2.79. The zero-order valence-electron chi connectivity index (χ0n) is 14.2. The van der Waals surface area contributed by atoms with Gasteiger partial charge in [0.25, 0.3) is 0 Å². The highest BCUT2D eigenvalue weighted by atomic mass is 19.1. The third-order valence-electron chi connectivity index (χ3n) is 3.86. The molecule has 0 spiro atoms. The third-order valence-corrected chi connectivity index (χ3v) is 3.86. The lowest BCUT2D eigenvalue weighted by molar-refractivity contribution is -0.128. The zero-order valence-corrected chi connectivity index (χ0v) is 14.2. The molecule has 2 aromatic rings. The van der Waals surface area contributed by atoms with E-state index in [0.29, 0.717) is 17.0 Å². The van der Waals surface area contributed by atoms with Crippen molar-refractivity contribution in [3.8, 4) is 11.5 Å². The number of carbonyl (C=O) groups is 2. The number of nitrogens with one attached hydrogen (secondary N) is 1. The molecular formula is C20H18FNO4. The van der Waals surface area contributed by atoms with E-state index in [4.69, 9.17) is 9.47 Å². The Labute approximate surface area is 150 Å². The van der Waals surface area contributed by atoms with Gasteiger partial charge in [-0.15, -0.1) is 0 Å². The van der Waals surface area contributed by atoms with Crippen molar-refractivity contribution < 1.29 is 23.5 Å². The molecule has 5 nitrogen and oxygen atoms in total. The van der Waals surface area contributed by atoms with E-state index in [2.05, 4.69) is 5.32 Å². The van der Waals surface area contributed by atoms with Crippen LogP contribution in [-0.2, 0) is 9.59 Å². The normalized spacial score (nSPS) is 13.5. The van der Waals surface area contributed by atoms with Gasteiger partial charge in [0, 0.05) is 23.7 Å². The second-order valence-corrected chi connectivity index (χ2v) is 5.94. The van der Waals surface area contributed by atoms with Gasteiger partial charge in [-0.2, -0.15) is 0 Å². The van der Waals surface area contributed by atoms with Crippen molar-refractivity contribution in [1.82, 2.24) is 0 Å². The summed E-state index contributed by atoms with van der Waals surface area (Å²) >= 11 is 0. The number of rotatable bonds is 6. The molecule has 0 radical (unpaired) electrons. The van der Waals surface area contributed by atoms with Gasteiger partial charge in [0.1, 0.15) is 5.75 Å². The molecule has 1 amide bonds. The number of ether oxygens (including phenoxy) is 2. The zero-order chi connectivity index (χ0) is 18.5. The Hall–Kier alpha value is -3.15. The molecule has 0 aromatic heterocycles. The standard InChI is InChI=1S/C20H18FNO4/c1-25-18-9-5-13(11-17(18)21)6-10-19(23)26-16-4-2-3-15(12-16)22-20(24)14-7-8-14/h2-6,9-12,14H,7-8H2,1H3,(H,22,24)/b10-6+. The monoisotopic (exact) mass is 355 g/mol. The number of carbonyl (C=O) groups excluding carboxylic acids is 2. The SMILES string of the molecule is COc1ccc(/C=C/C(=O)Oc2cccc(NC(=O)C3CC3)c2)cc1F. The van der Waals surface area contributed by atoms with Gasteiger partial charge in [-0.05, 0) is 48.7 Å². The average molecular weight is 355 g/mol. The number of anilines is 1. The number of hydrogen-bond donors (Lipinski definition) is 1. The molecule has 1 saturated carbocycles. The minimum Gasteiger partial charge on any atom is -0.494 e. The quantitative estimate of drug-likeness (QED) is 0.486. The van der Waals surface area contributed by atoms with Gasteiger partial charge in [-0.25, -0.2) is 9.18 Å². The maximum absolute atomic E-state index is 13.6. The van der Waals surface area contributed by atoms with Crippen LogP contribution in [0.5, 0.6) is 11.5 Å². The number of methoxy groups -OCH3 is 1. The Morgan fingerprint density at radius 1 is 1.19 bits per heavy atom. The molecule has 1 aliphatic rings. The van der Waals surface area contributed by atoms with E-state index in [1.165, 1.54) is 31.4 Å². The molecule has 134 valence electrons. The molecule has 3 rings (SSSR count). The summed E-state index contributed by atoms with van der Waals surface area (Å²) in [4.78, 5) is 23.7. The smallest absolute Gasteiger partial charge is 0.336 e. The first kappa shape index (κ1) is 17.7. The highest BCUT2D eigenvalue weighted by Gasteiger charge is 2.29. The molecule has 0 heterocycles. The van der Waals surface area contributed by atoms with Crippen molar-refractivity contribution >= 4 is 23.6 Å². The van der Waals surface area contributed by atoms with Crippen LogP contribution in [0, 0.1) is 11.7 Å². The number of amides is 1. The first-order chi connectivity index (χ1) is 12.5. The molecule has 26 heavy (non-hydrogen) atoms. The van der Waals surface area contributed by atoms with Crippen molar-refractivity contribution in [2.45, 2.75) is 12.8 Å². The van der Waals surface area contributed by atoms with Crippen LogP contribution in [0.25, 0.3) is 6.08 Å². The van der Waals surface area contributed by atoms with Crippen LogP contribution < -0.4 is 14.8 Å². The van der Waals surface area contributed by atoms with E-state index in [1.807, 2.05) is 0 Å². The van der Waals surface area contributed by atoms with Crippen LogP contribution in [0.2, 0.25) is 0 Å². The number of hydrogen-bond acceptors (Lipinski definition) is 4. The Kier molecular flexibility index (Phi) is 5.31. The summed E-state index contributed by atoms with van der Waals surface area (Å²) in [5.41, 5.74) is 1.08. The van der Waals surface area contributed by atoms with Gasteiger partial charge in [-0.3, -0.25) is 4.79 Å². The number of esters is 1. The lowest BCUT2D eigenvalue weighted by Crippen LogP contribution is -2.13. The van der Waals surface area contributed by atoms with Gasteiger partial charge < -0.3 is 14.8 Å². The van der Waals surface area contributed by atoms with Crippen LogP contribution >= 0.6 is 0 Å². The fourth-order valence-electron chi connectivity index (χ4n) is 2.33. The number of benzene rings is 2. The fourth-order valence-corrected chi connectivity index (χ4v) is 2.33. The predicted molar refractivity (Wildman–Crippen MR) is 95.4 cm³/mol. The van der Waals surface area contributed by atoms with Crippen molar-refractivity contribution in [2.24, 2.45) is 5.92 Å². The second-order valence-electron chi connectivity index (χ2n) is 5.94. The minimum atomic E-state index is -0.605. The first-order valence-electron chi connectivity index (χ1n) is 8.19. The van der Waals surface area contributed by atoms with Crippen LogP contribution in [-0.4, -0.2) is 19.0 Å². The van der Waals surface area contributed by atoms with E-state index >= 15 is 0 Å².